The molecule has 0 aliphatic rings. The second-order valence-corrected chi connectivity index (χ2v) is 7.04. The Morgan fingerprint density at radius 3 is 2.42 bits per heavy atom. The number of benzene rings is 3. The van der Waals surface area contributed by atoms with Crippen molar-refractivity contribution in [1.82, 2.24) is 9.38 Å². The van der Waals surface area contributed by atoms with Crippen molar-refractivity contribution in [3.8, 4) is 0 Å². The summed E-state index contributed by atoms with van der Waals surface area (Å²) in [6.07, 6.45) is 0. The minimum atomic E-state index is -1.08. The second-order valence-electron chi connectivity index (χ2n) is 7.04. The summed E-state index contributed by atoms with van der Waals surface area (Å²) < 4.78 is 1.50. The Morgan fingerprint density at radius 1 is 0.871 bits per heavy atom. The van der Waals surface area contributed by atoms with Gasteiger partial charge in [-0.15, -0.1) is 0 Å². The first-order chi connectivity index (χ1) is 15.0. The average Bonchev–Trinajstić information content (AvgIpc) is 2.78. The van der Waals surface area contributed by atoms with Gasteiger partial charge in [0.1, 0.15) is 5.65 Å². The van der Waals surface area contributed by atoms with Crippen molar-refractivity contribution >= 4 is 45.0 Å². The Hall–Kier alpha value is -4.52. The van der Waals surface area contributed by atoms with Crippen LogP contribution < -0.4 is 10.9 Å². The molecule has 0 radical (unpaired) electrons. The van der Waals surface area contributed by atoms with Crippen molar-refractivity contribution in [2.24, 2.45) is 0 Å². The quantitative estimate of drug-likeness (QED) is 0.347. The van der Waals surface area contributed by atoms with Gasteiger partial charge >= 0.3 is 5.97 Å². The van der Waals surface area contributed by atoms with Crippen LogP contribution in [0.15, 0.2) is 83.7 Å². The van der Waals surface area contributed by atoms with E-state index in [2.05, 4.69) is 10.3 Å². The Balaban J connectivity index is 1.72. The van der Waals surface area contributed by atoms with Crippen molar-refractivity contribution in [3.63, 3.8) is 0 Å². The number of anilines is 1. The summed E-state index contributed by atoms with van der Waals surface area (Å²) >= 11 is 0. The molecule has 0 atom stereocenters. The normalized spacial score (nSPS) is 11.1. The van der Waals surface area contributed by atoms with Crippen molar-refractivity contribution in [3.05, 3.63) is 100 Å². The van der Waals surface area contributed by atoms with Gasteiger partial charge in [-0.1, -0.05) is 36.4 Å². The van der Waals surface area contributed by atoms with Crippen LogP contribution in [0.2, 0.25) is 0 Å². The summed E-state index contributed by atoms with van der Waals surface area (Å²) in [5.74, 6) is -1.51. The van der Waals surface area contributed by atoms with Crippen LogP contribution in [0.25, 0.3) is 27.5 Å². The third kappa shape index (κ3) is 3.08. The predicted octanol–water partition coefficient (Wildman–Crippen LogP) is 3.95. The molecule has 3 aromatic carbocycles. The van der Waals surface area contributed by atoms with Gasteiger partial charge in [0.2, 0.25) is 0 Å². The average molecular weight is 409 g/mol. The van der Waals surface area contributed by atoms with Crippen LogP contribution in [-0.4, -0.2) is 26.4 Å². The molecule has 0 saturated heterocycles. The highest BCUT2D eigenvalue weighted by molar-refractivity contribution is 6.13. The van der Waals surface area contributed by atoms with Crippen LogP contribution in [0, 0.1) is 0 Å². The molecular weight excluding hydrogens is 394 g/mol. The maximum atomic E-state index is 13.1. The lowest BCUT2D eigenvalue weighted by atomic mass is 10.1. The first-order valence-corrected chi connectivity index (χ1v) is 9.51. The molecule has 1 amide bonds. The standard InChI is InChI=1S/C24H15N3O4/c28-22(25-15-7-5-6-14(12-15)24(30)31)18-13-21-26-19-10-3-1-9-17(19)23(29)27(21)20-11-4-2-8-16(18)20/h1-13H,(H,25,28)(H,30,31). The van der Waals surface area contributed by atoms with E-state index in [0.29, 0.717) is 38.7 Å². The molecule has 31 heavy (non-hydrogen) atoms. The number of hydrogen-bond acceptors (Lipinski definition) is 4. The molecule has 0 unspecified atom stereocenters. The molecule has 2 N–H and O–H groups in total. The molecule has 7 nitrogen and oxygen atoms in total. The van der Waals surface area contributed by atoms with E-state index < -0.39 is 11.9 Å². The molecule has 0 fully saturated rings. The fraction of sp³-hybridized carbons (Fsp3) is 0. The van der Waals surface area contributed by atoms with Gasteiger partial charge < -0.3 is 10.4 Å². The maximum absolute atomic E-state index is 13.1. The molecule has 0 aliphatic heterocycles. The molecule has 0 bridgehead atoms. The zero-order valence-electron chi connectivity index (χ0n) is 16.1. The number of rotatable bonds is 3. The van der Waals surface area contributed by atoms with Crippen molar-refractivity contribution in [1.29, 1.82) is 0 Å². The van der Waals surface area contributed by atoms with E-state index in [9.17, 15) is 19.5 Å². The van der Waals surface area contributed by atoms with Gasteiger partial charge in [0.25, 0.3) is 11.5 Å². The minimum Gasteiger partial charge on any atom is -0.478 e. The molecule has 2 aromatic heterocycles. The number of hydrogen-bond donors (Lipinski definition) is 2. The van der Waals surface area contributed by atoms with E-state index >= 15 is 0 Å². The van der Waals surface area contributed by atoms with E-state index in [1.165, 1.54) is 16.5 Å². The number of para-hydroxylation sites is 2. The minimum absolute atomic E-state index is 0.0702. The van der Waals surface area contributed by atoms with Crippen LogP contribution in [0.4, 0.5) is 5.69 Å². The maximum Gasteiger partial charge on any atom is 0.335 e. The number of aromatic carboxylic acids is 1. The number of carboxylic acid groups (broad SMARTS) is 1. The zero-order chi connectivity index (χ0) is 21.5. The highest BCUT2D eigenvalue weighted by atomic mass is 16.4. The van der Waals surface area contributed by atoms with E-state index in [1.807, 2.05) is 0 Å². The van der Waals surface area contributed by atoms with Gasteiger partial charge in [-0.2, -0.15) is 0 Å². The van der Waals surface area contributed by atoms with Crippen LogP contribution in [0.5, 0.6) is 0 Å². The van der Waals surface area contributed by atoms with Crippen LogP contribution in [-0.2, 0) is 0 Å². The van der Waals surface area contributed by atoms with Crippen molar-refractivity contribution in [2.45, 2.75) is 0 Å². The van der Waals surface area contributed by atoms with Gasteiger partial charge in [0.15, 0.2) is 0 Å². The van der Waals surface area contributed by atoms with Crippen LogP contribution in [0.1, 0.15) is 20.7 Å². The summed E-state index contributed by atoms with van der Waals surface area (Å²) in [6.45, 7) is 0. The number of nitrogens with zero attached hydrogens (tertiary/aromatic N) is 2. The molecular formula is C24H15N3O4. The largest absolute Gasteiger partial charge is 0.478 e. The lowest BCUT2D eigenvalue weighted by Crippen LogP contribution is -2.19. The molecule has 2 heterocycles. The summed E-state index contributed by atoms with van der Waals surface area (Å²) in [4.78, 5) is 42.1. The topological polar surface area (TPSA) is 101 Å². The Morgan fingerprint density at radius 2 is 1.61 bits per heavy atom. The number of aromatic nitrogens is 2. The fourth-order valence-corrected chi connectivity index (χ4v) is 3.70. The monoisotopic (exact) mass is 409 g/mol. The van der Waals surface area contributed by atoms with Crippen LogP contribution >= 0.6 is 0 Å². The van der Waals surface area contributed by atoms with Crippen molar-refractivity contribution in [2.75, 3.05) is 5.32 Å². The lowest BCUT2D eigenvalue weighted by molar-refractivity contribution is 0.0696. The summed E-state index contributed by atoms with van der Waals surface area (Å²) in [5, 5.41) is 13.0. The molecule has 150 valence electrons. The third-order valence-electron chi connectivity index (χ3n) is 5.12. The third-order valence-corrected chi connectivity index (χ3v) is 5.12. The van der Waals surface area contributed by atoms with Gasteiger partial charge in [-0.25, -0.2) is 9.78 Å². The summed E-state index contributed by atoms with van der Waals surface area (Å²) in [6, 6.07) is 21.8. The number of carboxylic acids is 1. The molecule has 0 spiro atoms. The zero-order valence-corrected chi connectivity index (χ0v) is 16.1. The van der Waals surface area contributed by atoms with Gasteiger partial charge in [0.05, 0.1) is 27.5 Å². The van der Waals surface area contributed by atoms with Gasteiger partial charge in [-0.3, -0.25) is 14.0 Å². The molecule has 5 rings (SSSR count). The number of amides is 1. The van der Waals surface area contributed by atoms with Gasteiger partial charge in [0, 0.05) is 11.1 Å². The molecule has 0 aliphatic carbocycles. The molecule has 7 heteroatoms. The predicted molar refractivity (Wildman–Crippen MR) is 118 cm³/mol. The Labute approximate surface area is 175 Å². The smallest absolute Gasteiger partial charge is 0.335 e. The number of carbonyl (C=O) groups is 2. The van der Waals surface area contributed by atoms with E-state index in [4.69, 9.17) is 0 Å². The van der Waals surface area contributed by atoms with Gasteiger partial charge in [-0.05, 0) is 42.5 Å². The molecule has 0 saturated carbocycles. The number of pyridine rings is 1. The van der Waals surface area contributed by atoms with Crippen molar-refractivity contribution < 1.29 is 14.7 Å². The number of nitrogens with one attached hydrogen (secondary N) is 1. The Kier molecular flexibility index (Phi) is 4.22. The lowest BCUT2D eigenvalue weighted by Gasteiger charge is -2.12. The molecule has 5 aromatic rings. The van der Waals surface area contributed by atoms with E-state index in [0.717, 1.165) is 0 Å². The highest BCUT2D eigenvalue weighted by Gasteiger charge is 2.16. The van der Waals surface area contributed by atoms with E-state index in [-0.39, 0.29) is 11.1 Å². The number of fused-ring (bicyclic) bond motifs is 4. The SMILES string of the molecule is O=C(O)c1cccc(NC(=O)c2cc3nc4ccccc4c(=O)n3c3ccccc23)c1. The number of carbonyl (C=O) groups excluding carboxylic acids is 1. The first kappa shape index (κ1) is 18.5. The van der Waals surface area contributed by atoms with Crippen LogP contribution in [0.3, 0.4) is 0 Å². The first-order valence-electron chi connectivity index (χ1n) is 9.51. The fourth-order valence-electron chi connectivity index (χ4n) is 3.70. The highest BCUT2D eigenvalue weighted by Crippen LogP contribution is 2.23. The van der Waals surface area contributed by atoms with E-state index in [1.54, 1.807) is 66.7 Å². The Bertz CT molecular complexity index is 1590. The second kappa shape index (κ2) is 7.07. The summed E-state index contributed by atoms with van der Waals surface area (Å²) in [7, 11) is 0. The summed E-state index contributed by atoms with van der Waals surface area (Å²) in [5.41, 5.74) is 2.01.